The average Bonchev–Trinajstić information content (AvgIpc) is 2.67. The van der Waals surface area contributed by atoms with Gasteiger partial charge < -0.3 is 4.18 Å². The summed E-state index contributed by atoms with van der Waals surface area (Å²) < 4.78 is 61.2. The highest BCUT2D eigenvalue weighted by Crippen LogP contribution is 2.23. The van der Waals surface area contributed by atoms with Gasteiger partial charge in [0.1, 0.15) is 5.75 Å². The first-order chi connectivity index (χ1) is 14.7. The number of hydrogen-bond donors (Lipinski definition) is 1. The highest BCUT2D eigenvalue weighted by molar-refractivity contribution is 7.95. The maximum absolute atomic E-state index is 11.6. The van der Waals surface area contributed by atoms with E-state index in [1.54, 1.807) is 18.2 Å². The van der Waals surface area contributed by atoms with Crippen molar-refractivity contribution < 1.29 is 29.2 Å². The quantitative estimate of drug-likeness (QED) is 0.187. The number of para-hydroxylation sites is 1. The number of benzene rings is 1. The Kier molecular flexibility index (Phi) is 14.0. The second kappa shape index (κ2) is 15.6. The van der Waals surface area contributed by atoms with E-state index < -0.39 is 20.8 Å². The minimum Gasteiger partial charge on any atom is -0.361 e. The summed E-state index contributed by atoms with van der Waals surface area (Å²) in [5, 5.41) is 0. The predicted molar refractivity (Wildman–Crippen MR) is 123 cm³/mol. The van der Waals surface area contributed by atoms with Crippen molar-refractivity contribution in [1.29, 1.82) is 0 Å². The molecule has 1 aromatic rings. The molecule has 0 saturated carbocycles. The molecule has 0 aliphatic carbocycles. The standard InChI is InChI=1S/C22H38O7S2/c1-2-3-4-5-6-7-8-9-10-11-12-13-14-15-18-21-19-16-17-20-22(21)28-31(26,27)29-30(23,24)25/h16-17,19-20H,2-15,18H2,1H3,(H,23,24,25). The summed E-state index contributed by atoms with van der Waals surface area (Å²) in [5.41, 5.74) is 0.643. The molecular weight excluding hydrogens is 440 g/mol. The van der Waals surface area contributed by atoms with E-state index >= 15 is 0 Å². The van der Waals surface area contributed by atoms with Gasteiger partial charge in [-0.05, 0) is 24.5 Å². The van der Waals surface area contributed by atoms with Crippen LogP contribution in [-0.2, 0) is 30.8 Å². The van der Waals surface area contributed by atoms with Crippen molar-refractivity contribution in [3.8, 4) is 5.75 Å². The van der Waals surface area contributed by atoms with Crippen LogP contribution in [0, 0.1) is 0 Å². The van der Waals surface area contributed by atoms with Crippen LogP contribution in [0.15, 0.2) is 24.3 Å². The number of unbranched alkanes of at least 4 members (excludes halogenated alkanes) is 13. The zero-order chi connectivity index (χ0) is 23.0. The molecule has 0 saturated heterocycles. The van der Waals surface area contributed by atoms with Crippen molar-refractivity contribution in [3.63, 3.8) is 0 Å². The maximum Gasteiger partial charge on any atom is 0.465 e. The third-order valence-electron chi connectivity index (χ3n) is 5.13. The molecule has 0 unspecified atom stereocenters. The second-order valence-corrected chi connectivity index (χ2v) is 10.3. The molecule has 0 aliphatic rings. The number of aryl methyl sites for hydroxylation is 1. The molecule has 0 heterocycles. The molecule has 0 bridgehead atoms. The Bertz CT molecular complexity index is 805. The van der Waals surface area contributed by atoms with E-state index in [0.717, 1.165) is 19.3 Å². The number of hydrogen-bond acceptors (Lipinski definition) is 6. The van der Waals surface area contributed by atoms with Crippen LogP contribution in [0.4, 0.5) is 0 Å². The van der Waals surface area contributed by atoms with Crippen LogP contribution in [0.3, 0.4) is 0 Å². The van der Waals surface area contributed by atoms with Crippen LogP contribution in [0.5, 0.6) is 5.75 Å². The molecular formula is C22H38O7S2. The SMILES string of the molecule is CCCCCCCCCCCCCCCCc1ccccc1OS(=O)(=O)OS(=O)(=O)O. The molecule has 0 atom stereocenters. The Morgan fingerprint density at radius 3 is 1.65 bits per heavy atom. The van der Waals surface area contributed by atoms with Crippen LogP contribution in [0.25, 0.3) is 0 Å². The van der Waals surface area contributed by atoms with Crippen molar-refractivity contribution >= 4 is 20.8 Å². The Morgan fingerprint density at radius 1 is 0.710 bits per heavy atom. The summed E-state index contributed by atoms with van der Waals surface area (Å²) in [7, 11) is -10.1. The first-order valence-corrected chi connectivity index (χ1v) is 14.1. The lowest BCUT2D eigenvalue weighted by Gasteiger charge is -2.10. The van der Waals surface area contributed by atoms with Crippen molar-refractivity contribution in [1.82, 2.24) is 0 Å². The Morgan fingerprint density at radius 2 is 1.16 bits per heavy atom. The third kappa shape index (κ3) is 15.3. The summed E-state index contributed by atoms with van der Waals surface area (Å²) in [6.07, 6.45) is 18.2. The smallest absolute Gasteiger partial charge is 0.361 e. The summed E-state index contributed by atoms with van der Waals surface area (Å²) in [6.45, 7) is 2.24. The van der Waals surface area contributed by atoms with E-state index in [1.165, 1.54) is 76.7 Å². The van der Waals surface area contributed by atoms with Gasteiger partial charge in [-0.2, -0.15) is 16.8 Å². The first-order valence-electron chi connectivity index (χ1n) is 11.4. The van der Waals surface area contributed by atoms with Crippen molar-refractivity contribution in [2.45, 2.75) is 103 Å². The van der Waals surface area contributed by atoms with Gasteiger partial charge in [-0.1, -0.05) is 112 Å². The van der Waals surface area contributed by atoms with Gasteiger partial charge in [-0.25, -0.2) is 0 Å². The van der Waals surface area contributed by atoms with E-state index in [1.807, 2.05) is 0 Å². The lowest BCUT2D eigenvalue weighted by molar-refractivity contribution is 0.346. The van der Waals surface area contributed by atoms with E-state index in [-0.39, 0.29) is 5.75 Å². The van der Waals surface area contributed by atoms with Gasteiger partial charge in [0.05, 0.1) is 0 Å². The fraction of sp³-hybridized carbons (Fsp3) is 0.727. The average molecular weight is 479 g/mol. The maximum atomic E-state index is 11.6. The van der Waals surface area contributed by atoms with E-state index in [4.69, 9.17) is 4.55 Å². The molecule has 0 radical (unpaired) electrons. The van der Waals surface area contributed by atoms with E-state index in [0.29, 0.717) is 12.0 Å². The van der Waals surface area contributed by atoms with Crippen LogP contribution < -0.4 is 4.18 Å². The molecule has 0 aliphatic heterocycles. The van der Waals surface area contributed by atoms with Crippen molar-refractivity contribution in [2.75, 3.05) is 0 Å². The second-order valence-electron chi connectivity index (χ2n) is 7.94. The normalized spacial score (nSPS) is 12.2. The van der Waals surface area contributed by atoms with Crippen LogP contribution in [0.1, 0.15) is 102 Å². The molecule has 1 aromatic carbocycles. The highest BCUT2D eigenvalue weighted by atomic mass is 32.3. The van der Waals surface area contributed by atoms with Gasteiger partial charge in [0.25, 0.3) is 0 Å². The minimum absolute atomic E-state index is 0.000782. The first kappa shape index (κ1) is 27.9. The molecule has 1 rings (SSSR count). The molecule has 1 N–H and O–H groups in total. The molecule has 0 spiro atoms. The van der Waals surface area contributed by atoms with Crippen LogP contribution >= 0.6 is 0 Å². The van der Waals surface area contributed by atoms with Gasteiger partial charge in [-0.3, -0.25) is 4.55 Å². The fourth-order valence-corrected chi connectivity index (χ4v) is 4.87. The highest BCUT2D eigenvalue weighted by Gasteiger charge is 2.23. The topological polar surface area (TPSA) is 107 Å². The molecule has 0 aromatic heterocycles. The van der Waals surface area contributed by atoms with Gasteiger partial charge >= 0.3 is 20.8 Å². The lowest BCUT2D eigenvalue weighted by atomic mass is 10.0. The van der Waals surface area contributed by atoms with Crippen molar-refractivity contribution in [3.05, 3.63) is 29.8 Å². The third-order valence-corrected chi connectivity index (χ3v) is 6.87. The van der Waals surface area contributed by atoms with Gasteiger partial charge in [0.2, 0.25) is 0 Å². The van der Waals surface area contributed by atoms with Crippen LogP contribution in [-0.4, -0.2) is 21.4 Å². The number of rotatable bonds is 19. The Labute approximate surface area is 188 Å². The molecule has 9 heteroatoms. The Balaban J connectivity index is 2.17. The Hall–Kier alpha value is -1.16. The van der Waals surface area contributed by atoms with Gasteiger partial charge in [0.15, 0.2) is 0 Å². The van der Waals surface area contributed by atoms with Crippen LogP contribution in [0.2, 0.25) is 0 Å². The van der Waals surface area contributed by atoms with Gasteiger partial charge in [-0.15, -0.1) is 0 Å². The summed E-state index contributed by atoms with van der Waals surface area (Å²) in [5.74, 6) is 0.000782. The fourth-order valence-electron chi connectivity index (χ4n) is 3.53. The van der Waals surface area contributed by atoms with Gasteiger partial charge in [0, 0.05) is 0 Å². The molecule has 31 heavy (non-hydrogen) atoms. The molecule has 0 amide bonds. The minimum atomic E-state index is -5.17. The summed E-state index contributed by atoms with van der Waals surface area (Å²) in [4.78, 5) is 0. The van der Waals surface area contributed by atoms with Crippen molar-refractivity contribution in [2.24, 2.45) is 0 Å². The predicted octanol–water partition coefficient (Wildman–Crippen LogP) is 6.15. The zero-order valence-corrected chi connectivity index (χ0v) is 20.3. The molecule has 0 fully saturated rings. The summed E-state index contributed by atoms with van der Waals surface area (Å²) in [6, 6.07) is 6.47. The molecule has 180 valence electrons. The lowest BCUT2D eigenvalue weighted by Crippen LogP contribution is -2.18. The van der Waals surface area contributed by atoms with E-state index in [9.17, 15) is 16.8 Å². The summed E-state index contributed by atoms with van der Waals surface area (Å²) >= 11 is 0. The largest absolute Gasteiger partial charge is 0.465 e. The zero-order valence-electron chi connectivity index (χ0n) is 18.6. The monoisotopic (exact) mass is 478 g/mol. The van der Waals surface area contributed by atoms with E-state index in [2.05, 4.69) is 14.7 Å². The molecule has 7 nitrogen and oxygen atoms in total.